The molecule has 0 aromatic carbocycles. The van der Waals surface area contributed by atoms with Gasteiger partial charge in [-0.1, -0.05) is 0 Å². The van der Waals surface area contributed by atoms with E-state index in [1.54, 1.807) is 0 Å². The second kappa shape index (κ2) is 5.48. The van der Waals surface area contributed by atoms with Crippen LogP contribution < -0.4 is 5.32 Å². The van der Waals surface area contributed by atoms with Crippen molar-refractivity contribution in [3.63, 3.8) is 0 Å². The molecule has 0 saturated heterocycles. The lowest BCUT2D eigenvalue weighted by Crippen LogP contribution is -2.37. The van der Waals surface area contributed by atoms with Crippen LogP contribution >= 0.6 is 0 Å². The van der Waals surface area contributed by atoms with Crippen molar-refractivity contribution in [3.8, 4) is 6.07 Å². The summed E-state index contributed by atoms with van der Waals surface area (Å²) in [6, 6.07) is 2.00. The Kier molecular flexibility index (Phi) is 5.00. The van der Waals surface area contributed by atoms with Crippen molar-refractivity contribution in [2.75, 3.05) is 0 Å². The molecule has 0 heterocycles. The third kappa shape index (κ3) is 7.41. The molecule has 0 spiro atoms. The third-order valence-electron chi connectivity index (χ3n) is 1.45. The molecule has 1 atom stereocenters. The highest BCUT2D eigenvalue weighted by atomic mass is 16.6. The molecule has 0 unspecified atom stereocenters. The number of hydrogen-bond acceptors (Lipinski definition) is 3. The quantitative estimate of drug-likeness (QED) is 0.756. The Bertz CT molecular complexity index is 225. The first-order valence-electron chi connectivity index (χ1n) is 4.71. The zero-order valence-electron chi connectivity index (χ0n) is 9.26. The molecule has 0 fully saturated rings. The Morgan fingerprint density at radius 2 is 2.14 bits per heavy atom. The van der Waals surface area contributed by atoms with Gasteiger partial charge in [-0.05, 0) is 34.1 Å². The van der Waals surface area contributed by atoms with Gasteiger partial charge in [-0.15, -0.1) is 0 Å². The molecule has 0 rings (SSSR count). The van der Waals surface area contributed by atoms with E-state index in [2.05, 4.69) is 5.32 Å². The van der Waals surface area contributed by atoms with Crippen LogP contribution in [0.3, 0.4) is 0 Å². The van der Waals surface area contributed by atoms with Crippen LogP contribution in [0.1, 0.15) is 40.5 Å². The second-order valence-electron chi connectivity index (χ2n) is 4.24. The first-order chi connectivity index (χ1) is 6.35. The van der Waals surface area contributed by atoms with Crippen molar-refractivity contribution in [2.24, 2.45) is 0 Å². The summed E-state index contributed by atoms with van der Waals surface area (Å²) in [5.74, 6) is 0. The fourth-order valence-corrected chi connectivity index (χ4v) is 0.862. The van der Waals surface area contributed by atoms with E-state index in [0.29, 0.717) is 12.8 Å². The largest absolute Gasteiger partial charge is 0.444 e. The summed E-state index contributed by atoms with van der Waals surface area (Å²) in [6.45, 7) is 7.28. The maximum absolute atomic E-state index is 11.2. The number of rotatable bonds is 3. The van der Waals surface area contributed by atoms with Gasteiger partial charge in [-0.25, -0.2) is 4.79 Å². The third-order valence-corrected chi connectivity index (χ3v) is 1.45. The molecule has 0 aliphatic rings. The number of alkyl carbamates (subject to hydrolysis) is 1. The Morgan fingerprint density at radius 1 is 1.57 bits per heavy atom. The predicted octanol–water partition coefficient (Wildman–Crippen LogP) is 2.20. The Morgan fingerprint density at radius 3 is 2.57 bits per heavy atom. The average molecular weight is 198 g/mol. The van der Waals surface area contributed by atoms with E-state index >= 15 is 0 Å². The minimum Gasteiger partial charge on any atom is -0.444 e. The molecule has 1 N–H and O–H groups in total. The molecule has 0 aromatic heterocycles. The van der Waals surface area contributed by atoms with E-state index in [0.717, 1.165) is 0 Å². The van der Waals surface area contributed by atoms with Gasteiger partial charge < -0.3 is 10.1 Å². The van der Waals surface area contributed by atoms with Crippen molar-refractivity contribution in [2.45, 2.75) is 52.2 Å². The summed E-state index contributed by atoms with van der Waals surface area (Å²) in [4.78, 5) is 11.2. The van der Waals surface area contributed by atoms with E-state index in [1.807, 2.05) is 33.8 Å². The van der Waals surface area contributed by atoms with Gasteiger partial charge in [0.2, 0.25) is 0 Å². The SMILES string of the molecule is C[C@H](CCC#N)NC(=O)OC(C)(C)C. The van der Waals surface area contributed by atoms with Crippen molar-refractivity contribution in [1.29, 1.82) is 5.26 Å². The molecular formula is C10H18N2O2. The molecule has 1 amide bonds. The highest BCUT2D eigenvalue weighted by Gasteiger charge is 2.17. The topological polar surface area (TPSA) is 62.1 Å². The monoisotopic (exact) mass is 198 g/mol. The zero-order chi connectivity index (χ0) is 11.2. The maximum atomic E-state index is 11.2. The van der Waals surface area contributed by atoms with Gasteiger partial charge in [0.05, 0.1) is 6.07 Å². The minimum atomic E-state index is -0.473. The maximum Gasteiger partial charge on any atom is 0.407 e. The van der Waals surface area contributed by atoms with E-state index in [-0.39, 0.29) is 6.04 Å². The minimum absolute atomic E-state index is 0.0236. The molecule has 80 valence electrons. The van der Waals surface area contributed by atoms with Crippen LogP contribution in [0.15, 0.2) is 0 Å². The molecule has 0 aromatic rings. The molecule has 4 nitrogen and oxygen atoms in total. The highest BCUT2D eigenvalue weighted by Crippen LogP contribution is 2.07. The molecular weight excluding hydrogens is 180 g/mol. The van der Waals surface area contributed by atoms with Crippen LogP contribution in [0.5, 0.6) is 0 Å². The number of amides is 1. The van der Waals surface area contributed by atoms with Crippen LogP contribution in [0.4, 0.5) is 4.79 Å². The Labute approximate surface area is 85.2 Å². The summed E-state index contributed by atoms with van der Waals surface area (Å²) in [7, 11) is 0. The summed E-state index contributed by atoms with van der Waals surface area (Å²) >= 11 is 0. The second-order valence-corrected chi connectivity index (χ2v) is 4.24. The van der Waals surface area contributed by atoms with Gasteiger partial charge in [-0.3, -0.25) is 0 Å². The van der Waals surface area contributed by atoms with E-state index in [4.69, 9.17) is 10.00 Å². The fraction of sp³-hybridized carbons (Fsp3) is 0.800. The van der Waals surface area contributed by atoms with Crippen LogP contribution in [-0.2, 0) is 4.74 Å². The smallest absolute Gasteiger partial charge is 0.407 e. The van der Waals surface area contributed by atoms with Gasteiger partial charge >= 0.3 is 6.09 Å². The van der Waals surface area contributed by atoms with Crippen molar-refractivity contribution in [1.82, 2.24) is 5.32 Å². The number of hydrogen-bond donors (Lipinski definition) is 1. The number of nitriles is 1. The van der Waals surface area contributed by atoms with E-state index in [9.17, 15) is 4.79 Å². The highest BCUT2D eigenvalue weighted by molar-refractivity contribution is 5.67. The Balaban J connectivity index is 3.78. The van der Waals surface area contributed by atoms with Gasteiger partial charge in [0.15, 0.2) is 0 Å². The van der Waals surface area contributed by atoms with E-state index < -0.39 is 11.7 Å². The first kappa shape index (κ1) is 12.8. The fourth-order valence-electron chi connectivity index (χ4n) is 0.862. The molecule has 0 saturated carbocycles. The summed E-state index contributed by atoms with van der Waals surface area (Å²) in [5, 5.41) is 11.0. The van der Waals surface area contributed by atoms with Crippen LogP contribution in [-0.4, -0.2) is 17.7 Å². The van der Waals surface area contributed by atoms with E-state index in [1.165, 1.54) is 0 Å². The lowest BCUT2D eigenvalue weighted by molar-refractivity contribution is 0.0507. The molecule has 0 bridgehead atoms. The number of carbonyl (C=O) groups is 1. The lowest BCUT2D eigenvalue weighted by Gasteiger charge is -2.21. The number of ether oxygens (including phenoxy) is 1. The lowest BCUT2D eigenvalue weighted by atomic mass is 10.2. The Hall–Kier alpha value is -1.24. The summed E-state index contributed by atoms with van der Waals surface area (Å²) in [5.41, 5.74) is -0.473. The zero-order valence-corrected chi connectivity index (χ0v) is 9.26. The van der Waals surface area contributed by atoms with Gasteiger partial charge in [0, 0.05) is 12.5 Å². The standard InChI is InChI=1S/C10H18N2O2/c1-8(6-5-7-11)12-9(13)14-10(2,3)4/h8H,5-6H2,1-4H3,(H,12,13)/t8-/m1/s1. The molecule has 0 aliphatic heterocycles. The number of nitrogens with one attached hydrogen (secondary N) is 1. The number of carbonyl (C=O) groups excluding carboxylic acids is 1. The normalized spacial score (nSPS) is 12.8. The van der Waals surface area contributed by atoms with Crippen molar-refractivity contribution < 1.29 is 9.53 Å². The van der Waals surface area contributed by atoms with Crippen LogP contribution in [0.2, 0.25) is 0 Å². The molecule has 14 heavy (non-hydrogen) atoms. The van der Waals surface area contributed by atoms with Gasteiger partial charge in [-0.2, -0.15) is 5.26 Å². The summed E-state index contributed by atoms with van der Waals surface area (Å²) < 4.78 is 5.06. The summed E-state index contributed by atoms with van der Waals surface area (Å²) in [6.07, 6.45) is 0.662. The first-order valence-corrected chi connectivity index (χ1v) is 4.71. The van der Waals surface area contributed by atoms with Gasteiger partial charge in [0.1, 0.15) is 5.60 Å². The van der Waals surface area contributed by atoms with Crippen LogP contribution in [0.25, 0.3) is 0 Å². The average Bonchev–Trinajstić information content (AvgIpc) is 1.96. The predicted molar refractivity (Wildman–Crippen MR) is 53.7 cm³/mol. The molecule has 4 heteroatoms. The van der Waals surface area contributed by atoms with Crippen molar-refractivity contribution >= 4 is 6.09 Å². The van der Waals surface area contributed by atoms with Crippen LogP contribution in [0, 0.1) is 11.3 Å². The molecule has 0 radical (unpaired) electrons. The van der Waals surface area contributed by atoms with Gasteiger partial charge in [0.25, 0.3) is 0 Å². The number of nitrogens with zero attached hydrogens (tertiary/aromatic N) is 1. The van der Waals surface area contributed by atoms with Crippen molar-refractivity contribution in [3.05, 3.63) is 0 Å². The molecule has 0 aliphatic carbocycles.